The predicted octanol–water partition coefficient (Wildman–Crippen LogP) is 5.08. The number of nitrogens with two attached hydrogens (primary N) is 1. The summed E-state index contributed by atoms with van der Waals surface area (Å²) in [7, 11) is 0.800. The van der Waals surface area contributed by atoms with Gasteiger partial charge < -0.3 is 29.4 Å². The van der Waals surface area contributed by atoms with Gasteiger partial charge in [-0.1, -0.05) is 31.0 Å². The van der Waals surface area contributed by atoms with Crippen LogP contribution in [0.15, 0.2) is 0 Å². The quantitative estimate of drug-likeness (QED) is 0.243. The summed E-state index contributed by atoms with van der Waals surface area (Å²) in [5.41, 5.74) is 5.23. The molecule has 0 heterocycles. The molecule has 29 heavy (non-hydrogen) atoms. The molecule has 176 valence electrons. The first-order chi connectivity index (χ1) is 13.4. The van der Waals surface area contributed by atoms with Gasteiger partial charge in [0.1, 0.15) is 5.72 Å². The SMILES string of the molecule is CCOC(C)(OCC)PC(C)CC(N)(OC(C)C)C(C)PC(C)(OCC)OCC. The predicted molar refractivity (Wildman–Crippen MR) is 127 cm³/mol. The third kappa shape index (κ3) is 11.2. The van der Waals surface area contributed by atoms with Gasteiger partial charge in [-0.25, -0.2) is 0 Å². The first-order valence-corrected chi connectivity index (χ1v) is 13.1. The molecule has 5 unspecified atom stereocenters. The van der Waals surface area contributed by atoms with E-state index < -0.39 is 16.8 Å². The molecule has 0 aliphatic heterocycles. The molecule has 5 atom stereocenters. The number of rotatable bonds is 17. The van der Waals surface area contributed by atoms with Crippen molar-refractivity contribution in [3.05, 3.63) is 0 Å². The Morgan fingerprint density at radius 1 is 0.724 bits per heavy atom. The van der Waals surface area contributed by atoms with E-state index in [0.717, 1.165) is 0 Å². The van der Waals surface area contributed by atoms with Crippen LogP contribution in [-0.4, -0.2) is 60.6 Å². The molecule has 0 spiro atoms. The van der Waals surface area contributed by atoms with Gasteiger partial charge in [0.15, 0.2) is 11.1 Å². The van der Waals surface area contributed by atoms with Crippen LogP contribution in [0.3, 0.4) is 0 Å². The zero-order chi connectivity index (χ0) is 22.7. The molecule has 0 aromatic heterocycles. The number of ether oxygens (including phenoxy) is 5. The summed E-state index contributed by atoms with van der Waals surface area (Å²) in [5, 5.41) is 0. The Hall–Kier alpha value is 0.620. The van der Waals surface area contributed by atoms with Crippen molar-refractivity contribution < 1.29 is 23.7 Å². The summed E-state index contributed by atoms with van der Waals surface area (Å²) < 4.78 is 30.0. The third-order valence-corrected chi connectivity index (χ3v) is 7.72. The largest absolute Gasteiger partial charge is 0.358 e. The van der Waals surface area contributed by atoms with Gasteiger partial charge in [0.2, 0.25) is 0 Å². The van der Waals surface area contributed by atoms with Crippen molar-refractivity contribution in [2.24, 2.45) is 5.73 Å². The zero-order valence-corrected chi connectivity index (χ0v) is 22.4. The lowest BCUT2D eigenvalue weighted by atomic mass is 10.0. The van der Waals surface area contributed by atoms with Crippen LogP contribution in [0.25, 0.3) is 0 Å². The number of hydrogen-bond acceptors (Lipinski definition) is 6. The van der Waals surface area contributed by atoms with E-state index in [4.69, 9.17) is 29.4 Å². The average molecular weight is 456 g/mol. The molecule has 8 heteroatoms. The van der Waals surface area contributed by atoms with Gasteiger partial charge >= 0.3 is 0 Å². The summed E-state index contributed by atoms with van der Waals surface area (Å²) in [6.45, 7) is 22.8. The molecule has 0 saturated heterocycles. The molecule has 0 amide bonds. The molecule has 0 aliphatic carbocycles. The minimum absolute atomic E-state index is 0.0263. The lowest BCUT2D eigenvalue weighted by Crippen LogP contribution is -2.54. The van der Waals surface area contributed by atoms with Crippen LogP contribution < -0.4 is 5.73 Å². The fourth-order valence-corrected chi connectivity index (χ4v) is 7.05. The highest BCUT2D eigenvalue weighted by atomic mass is 31.1. The second-order valence-electron chi connectivity index (χ2n) is 7.86. The number of hydrogen-bond donors (Lipinski definition) is 1. The maximum atomic E-state index is 6.91. The normalized spacial score (nSPS) is 18.2. The molecule has 0 rings (SSSR count). The van der Waals surface area contributed by atoms with Crippen molar-refractivity contribution in [3.63, 3.8) is 0 Å². The van der Waals surface area contributed by atoms with Gasteiger partial charge in [0.05, 0.1) is 6.10 Å². The van der Waals surface area contributed by atoms with E-state index in [2.05, 4.69) is 13.8 Å². The van der Waals surface area contributed by atoms with Gasteiger partial charge in [-0.15, -0.1) is 0 Å². The molecular formula is C21H47NO5P2. The van der Waals surface area contributed by atoms with E-state index >= 15 is 0 Å². The van der Waals surface area contributed by atoms with Crippen LogP contribution in [-0.2, 0) is 23.7 Å². The summed E-state index contributed by atoms with van der Waals surface area (Å²) in [6, 6.07) is 0. The minimum Gasteiger partial charge on any atom is -0.358 e. The lowest BCUT2D eigenvalue weighted by Gasteiger charge is -2.43. The van der Waals surface area contributed by atoms with E-state index in [1.165, 1.54) is 0 Å². The van der Waals surface area contributed by atoms with Crippen LogP contribution >= 0.6 is 17.2 Å². The summed E-state index contributed by atoms with van der Waals surface area (Å²) in [4.78, 5) is 0. The van der Waals surface area contributed by atoms with Crippen molar-refractivity contribution in [1.82, 2.24) is 0 Å². The third-order valence-electron chi connectivity index (χ3n) is 4.48. The van der Waals surface area contributed by atoms with Crippen LogP contribution in [0.2, 0.25) is 0 Å². The smallest absolute Gasteiger partial charge is 0.181 e. The van der Waals surface area contributed by atoms with Crippen molar-refractivity contribution in [2.45, 2.75) is 110 Å². The second-order valence-corrected chi connectivity index (χ2v) is 12.1. The van der Waals surface area contributed by atoms with Crippen LogP contribution in [0.1, 0.15) is 75.7 Å². The summed E-state index contributed by atoms with van der Waals surface area (Å²) in [5.74, 6) is 0. The van der Waals surface area contributed by atoms with E-state index in [9.17, 15) is 0 Å². The van der Waals surface area contributed by atoms with Gasteiger partial charge in [0, 0.05) is 32.1 Å². The highest BCUT2D eigenvalue weighted by molar-refractivity contribution is 7.40. The topological polar surface area (TPSA) is 72.2 Å². The molecule has 0 fully saturated rings. The van der Waals surface area contributed by atoms with Gasteiger partial charge in [-0.05, 0) is 67.5 Å². The Kier molecular flexibility index (Phi) is 14.2. The van der Waals surface area contributed by atoms with Crippen LogP contribution in [0.5, 0.6) is 0 Å². The molecule has 0 aromatic rings. The van der Waals surface area contributed by atoms with Crippen molar-refractivity contribution in [2.75, 3.05) is 26.4 Å². The molecular weight excluding hydrogens is 408 g/mol. The van der Waals surface area contributed by atoms with Gasteiger partial charge in [-0.2, -0.15) is 0 Å². The minimum atomic E-state index is -0.784. The summed E-state index contributed by atoms with van der Waals surface area (Å²) >= 11 is 0. The molecule has 0 saturated carbocycles. The van der Waals surface area contributed by atoms with Crippen LogP contribution in [0, 0.1) is 0 Å². The molecule has 0 aliphatic rings. The second kappa shape index (κ2) is 13.9. The molecule has 0 aromatic carbocycles. The Bertz CT molecular complexity index is 429. The first kappa shape index (κ1) is 29.6. The average Bonchev–Trinajstić information content (AvgIpc) is 2.53. The van der Waals surface area contributed by atoms with E-state index in [1.807, 2.05) is 55.4 Å². The van der Waals surface area contributed by atoms with Crippen molar-refractivity contribution in [3.8, 4) is 0 Å². The molecule has 2 N–H and O–H groups in total. The Morgan fingerprint density at radius 2 is 1.10 bits per heavy atom. The first-order valence-electron chi connectivity index (χ1n) is 11.0. The van der Waals surface area contributed by atoms with Crippen molar-refractivity contribution in [1.29, 1.82) is 0 Å². The highest BCUT2D eigenvalue weighted by Gasteiger charge is 2.42. The Morgan fingerprint density at radius 3 is 1.45 bits per heavy atom. The maximum Gasteiger partial charge on any atom is 0.181 e. The van der Waals surface area contributed by atoms with Gasteiger partial charge in [-0.3, -0.25) is 0 Å². The Balaban J connectivity index is 5.42. The van der Waals surface area contributed by atoms with E-state index in [-0.39, 0.29) is 17.4 Å². The zero-order valence-electron chi connectivity index (χ0n) is 20.4. The van der Waals surface area contributed by atoms with Crippen LogP contribution in [0.4, 0.5) is 0 Å². The lowest BCUT2D eigenvalue weighted by molar-refractivity contribution is -0.159. The molecule has 0 radical (unpaired) electrons. The fraction of sp³-hybridized carbons (Fsp3) is 1.00. The summed E-state index contributed by atoms with van der Waals surface area (Å²) in [6.07, 6.45) is 0.736. The monoisotopic (exact) mass is 455 g/mol. The van der Waals surface area contributed by atoms with E-state index in [1.54, 1.807) is 0 Å². The standard InChI is InChI=1S/C21H47NO5P2/c1-11-23-19(9,24-12-2)28-17(7)15-21(22,27-16(5)6)18(8)29-20(10,25-13-3)26-14-4/h16-18,28-29H,11-15,22H2,1-10H3. The van der Waals surface area contributed by atoms with E-state index in [0.29, 0.717) is 50.0 Å². The molecule has 6 nitrogen and oxygen atoms in total. The fourth-order valence-electron chi connectivity index (χ4n) is 3.61. The van der Waals surface area contributed by atoms with Gasteiger partial charge in [0.25, 0.3) is 0 Å². The highest BCUT2D eigenvalue weighted by Crippen LogP contribution is 2.46. The Labute approximate surface area is 183 Å². The molecule has 0 bridgehead atoms. The van der Waals surface area contributed by atoms with Crippen molar-refractivity contribution >= 4 is 17.2 Å². The maximum absolute atomic E-state index is 6.91.